The number of anilines is 1. The van der Waals surface area contributed by atoms with Crippen molar-refractivity contribution < 1.29 is 0 Å². The van der Waals surface area contributed by atoms with E-state index in [9.17, 15) is 10.1 Å². The second-order valence-electron chi connectivity index (χ2n) is 9.89. The average Bonchev–Trinajstić information content (AvgIpc) is 3.16. The normalized spacial score (nSPS) is 15.5. The van der Waals surface area contributed by atoms with Crippen molar-refractivity contribution in [3.63, 3.8) is 0 Å². The standard InChI is InChI=1S/C30H30N6O/c1-21-17-27(35-16-8-9-22(19-35)14-15-23-10-4-5-11-24(23)18-31)28-29(33-21)34(3)30(37)36(28)20-25-12-6-7-13-26(25)32-2/h4-7,10-13,17,22H,8-9,14-16,19-20H2,1,3H3/t22-/m0/s1. The molecule has 1 saturated heterocycles. The van der Waals surface area contributed by atoms with Crippen LogP contribution in [0.2, 0.25) is 0 Å². The predicted octanol–water partition coefficient (Wildman–Crippen LogP) is 5.36. The number of fused-ring (bicyclic) bond motifs is 1. The first-order valence-corrected chi connectivity index (χ1v) is 12.7. The molecule has 1 atom stereocenters. The van der Waals surface area contributed by atoms with Crippen molar-refractivity contribution in [2.24, 2.45) is 13.0 Å². The van der Waals surface area contributed by atoms with Gasteiger partial charge in [-0.05, 0) is 61.8 Å². The van der Waals surface area contributed by atoms with Crippen LogP contribution in [0.15, 0.2) is 59.4 Å². The lowest BCUT2D eigenvalue weighted by Gasteiger charge is -2.35. The van der Waals surface area contributed by atoms with Gasteiger partial charge < -0.3 is 4.90 Å². The van der Waals surface area contributed by atoms with E-state index in [1.165, 1.54) is 0 Å². The van der Waals surface area contributed by atoms with E-state index in [2.05, 4.69) is 27.9 Å². The van der Waals surface area contributed by atoms with E-state index in [4.69, 9.17) is 11.6 Å². The van der Waals surface area contributed by atoms with Crippen LogP contribution in [0.25, 0.3) is 16.0 Å². The number of aromatic nitrogens is 3. The van der Waals surface area contributed by atoms with Crippen LogP contribution < -0.4 is 10.6 Å². The number of nitrogens with zero attached hydrogens (tertiary/aromatic N) is 6. The third kappa shape index (κ3) is 4.73. The summed E-state index contributed by atoms with van der Waals surface area (Å²) in [5.41, 5.74) is 6.53. The first-order chi connectivity index (χ1) is 18.0. The highest BCUT2D eigenvalue weighted by Gasteiger charge is 2.25. The first-order valence-electron chi connectivity index (χ1n) is 12.7. The molecule has 0 aliphatic carbocycles. The molecule has 0 spiro atoms. The molecule has 2 aromatic carbocycles. The number of hydrogen-bond donors (Lipinski definition) is 0. The third-order valence-electron chi connectivity index (χ3n) is 7.45. The lowest BCUT2D eigenvalue weighted by molar-refractivity contribution is 0.392. The number of rotatable bonds is 6. The van der Waals surface area contributed by atoms with Gasteiger partial charge in [0.05, 0.1) is 23.9 Å². The van der Waals surface area contributed by atoms with Gasteiger partial charge in [-0.25, -0.2) is 14.6 Å². The Hall–Kier alpha value is -4.36. The van der Waals surface area contributed by atoms with Gasteiger partial charge in [0.2, 0.25) is 0 Å². The van der Waals surface area contributed by atoms with Crippen LogP contribution in [0, 0.1) is 30.7 Å². The summed E-state index contributed by atoms with van der Waals surface area (Å²) in [6.07, 6.45) is 4.13. The maximum absolute atomic E-state index is 13.4. The van der Waals surface area contributed by atoms with Crippen LogP contribution in [-0.2, 0) is 20.0 Å². The van der Waals surface area contributed by atoms with Gasteiger partial charge in [-0.15, -0.1) is 0 Å². The minimum Gasteiger partial charge on any atom is -0.369 e. The van der Waals surface area contributed by atoms with Gasteiger partial charge in [-0.2, -0.15) is 5.26 Å². The Morgan fingerprint density at radius 3 is 2.70 bits per heavy atom. The first kappa shape index (κ1) is 24.3. The van der Waals surface area contributed by atoms with E-state index in [0.29, 0.717) is 23.8 Å². The molecule has 0 radical (unpaired) electrons. The molecule has 0 amide bonds. The lowest BCUT2D eigenvalue weighted by Crippen LogP contribution is -2.36. The van der Waals surface area contributed by atoms with Gasteiger partial charge in [0.1, 0.15) is 5.52 Å². The molecule has 1 fully saturated rings. The van der Waals surface area contributed by atoms with Gasteiger partial charge in [0, 0.05) is 32.4 Å². The van der Waals surface area contributed by atoms with Crippen molar-refractivity contribution >= 4 is 22.5 Å². The molecule has 0 unspecified atom stereocenters. The highest BCUT2D eigenvalue weighted by Crippen LogP contribution is 2.32. The summed E-state index contributed by atoms with van der Waals surface area (Å²) in [5, 5.41) is 9.45. The molecule has 0 saturated carbocycles. The third-order valence-corrected chi connectivity index (χ3v) is 7.45. The number of pyridine rings is 1. The van der Waals surface area contributed by atoms with Gasteiger partial charge >= 0.3 is 5.69 Å². The van der Waals surface area contributed by atoms with Gasteiger partial charge in [0.15, 0.2) is 11.3 Å². The van der Waals surface area contributed by atoms with E-state index in [-0.39, 0.29) is 5.69 Å². The minimum atomic E-state index is -0.129. The van der Waals surface area contributed by atoms with Crippen molar-refractivity contribution in [3.05, 3.63) is 98.9 Å². The van der Waals surface area contributed by atoms with Crippen molar-refractivity contribution in [2.75, 3.05) is 18.0 Å². The molecule has 2 aromatic heterocycles. The van der Waals surface area contributed by atoms with Crippen LogP contribution >= 0.6 is 0 Å². The summed E-state index contributed by atoms with van der Waals surface area (Å²) in [6.45, 7) is 11.7. The van der Waals surface area contributed by atoms with Crippen LogP contribution in [0.3, 0.4) is 0 Å². The average molecular weight is 491 g/mol. The number of benzene rings is 2. The Balaban J connectivity index is 1.49. The smallest absolute Gasteiger partial charge is 0.330 e. The molecule has 0 bridgehead atoms. The van der Waals surface area contributed by atoms with E-state index >= 15 is 0 Å². The molecule has 0 N–H and O–H groups in total. The van der Waals surface area contributed by atoms with Gasteiger partial charge in [0.25, 0.3) is 0 Å². The number of piperidine rings is 1. The monoisotopic (exact) mass is 490 g/mol. The Bertz CT molecular complexity index is 1600. The molecular formula is C30H30N6O. The molecule has 186 valence electrons. The Labute approximate surface area is 217 Å². The lowest BCUT2D eigenvalue weighted by atomic mass is 9.90. The molecule has 37 heavy (non-hydrogen) atoms. The second-order valence-corrected chi connectivity index (χ2v) is 9.89. The highest BCUT2D eigenvalue weighted by atomic mass is 16.1. The number of hydrogen-bond acceptors (Lipinski definition) is 4. The Kier molecular flexibility index (Phi) is 6.79. The van der Waals surface area contributed by atoms with Crippen LogP contribution in [0.1, 0.15) is 41.6 Å². The van der Waals surface area contributed by atoms with Crippen LogP contribution in [-0.4, -0.2) is 27.2 Å². The molecule has 7 heteroatoms. The van der Waals surface area contributed by atoms with E-state index in [1.54, 1.807) is 22.2 Å². The summed E-state index contributed by atoms with van der Waals surface area (Å²) in [5.74, 6) is 0.496. The predicted molar refractivity (Wildman–Crippen MR) is 146 cm³/mol. The van der Waals surface area contributed by atoms with Crippen LogP contribution in [0.5, 0.6) is 0 Å². The summed E-state index contributed by atoms with van der Waals surface area (Å²) in [4.78, 5) is 24.2. The fraction of sp³-hybridized carbons (Fsp3) is 0.333. The van der Waals surface area contributed by atoms with Crippen molar-refractivity contribution in [1.29, 1.82) is 5.26 Å². The fourth-order valence-electron chi connectivity index (χ4n) is 5.53. The number of aryl methyl sites for hydroxylation is 3. The molecular weight excluding hydrogens is 460 g/mol. The second kappa shape index (κ2) is 10.3. The van der Waals surface area contributed by atoms with Crippen molar-refractivity contribution in [2.45, 2.75) is 39.2 Å². The molecule has 5 rings (SSSR count). The molecule has 4 aromatic rings. The SMILES string of the molecule is [C-]#[N+]c1ccccc1Cn1c(=O)n(C)c2nc(C)cc(N3CCC[C@@H](CCc4ccccc4C#N)C3)c21. The maximum Gasteiger partial charge on any atom is 0.330 e. The summed E-state index contributed by atoms with van der Waals surface area (Å²) < 4.78 is 3.39. The van der Waals surface area contributed by atoms with Gasteiger partial charge in [-0.1, -0.05) is 42.5 Å². The molecule has 3 heterocycles. The zero-order valence-corrected chi connectivity index (χ0v) is 21.3. The topological polar surface area (TPSA) is 71.2 Å². The molecule has 7 nitrogen and oxygen atoms in total. The van der Waals surface area contributed by atoms with E-state index in [1.807, 2.05) is 43.3 Å². The number of para-hydroxylation sites is 1. The number of imidazole rings is 1. The zero-order chi connectivity index (χ0) is 25.9. The van der Waals surface area contributed by atoms with Crippen molar-refractivity contribution in [3.8, 4) is 6.07 Å². The van der Waals surface area contributed by atoms with E-state index in [0.717, 1.165) is 72.4 Å². The Morgan fingerprint density at radius 2 is 1.92 bits per heavy atom. The van der Waals surface area contributed by atoms with Gasteiger partial charge in [-0.3, -0.25) is 9.13 Å². The Morgan fingerprint density at radius 1 is 1.16 bits per heavy atom. The number of nitriles is 1. The largest absolute Gasteiger partial charge is 0.369 e. The summed E-state index contributed by atoms with van der Waals surface area (Å²) in [7, 11) is 1.77. The molecule has 1 aliphatic rings. The highest BCUT2D eigenvalue weighted by molar-refractivity contribution is 5.87. The fourth-order valence-corrected chi connectivity index (χ4v) is 5.53. The molecule has 1 aliphatic heterocycles. The minimum absolute atomic E-state index is 0.129. The van der Waals surface area contributed by atoms with E-state index < -0.39 is 0 Å². The van der Waals surface area contributed by atoms with Crippen molar-refractivity contribution in [1.82, 2.24) is 14.1 Å². The quantitative estimate of drug-likeness (QED) is 0.341. The summed E-state index contributed by atoms with van der Waals surface area (Å²) >= 11 is 0. The van der Waals surface area contributed by atoms with Crippen LogP contribution in [0.4, 0.5) is 11.4 Å². The maximum atomic E-state index is 13.4. The summed E-state index contributed by atoms with van der Waals surface area (Å²) in [6, 6.07) is 19.7. The zero-order valence-electron chi connectivity index (χ0n) is 21.3.